The van der Waals surface area contributed by atoms with Gasteiger partial charge in [-0.2, -0.15) is 0 Å². The molecular weight excluding hydrogens is 276 g/mol. The lowest BCUT2D eigenvalue weighted by Gasteiger charge is -2.21. The molecule has 0 spiro atoms. The molecule has 102 valence electrons. The van der Waals surface area contributed by atoms with E-state index < -0.39 is 23.7 Å². The monoisotopic (exact) mass is 287 g/mol. The van der Waals surface area contributed by atoms with Crippen molar-refractivity contribution in [2.75, 3.05) is 6.54 Å². The minimum absolute atomic E-state index is 0.0217. The zero-order chi connectivity index (χ0) is 14.0. The zero-order valence-electron chi connectivity index (χ0n) is 9.82. The van der Waals surface area contributed by atoms with Crippen LogP contribution >= 0.6 is 11.6 Å². The quantitative estimate of drug-likeness (QED) is 0.909. The van der Waals surface area contributed by atoms with Crippen LogP contribution < -0.4 is 5.73 Å². The number of benzene rings is 1. The fourth-order valence-corrected chi connectivity index (χ4v) is 2.19. The molecule has 2 rings (SSSR count). The highest BCUT2D eigenvalue weighted by Gasteiger charge is 2.27. The third kappa shape index (κ3) is 2.78. The van der Waals surface area contributed by atoms with Crippen LogP contribution in [0, 0.1) is 11.6 Å². The summed E-state index contributed by atoms with van der Waals surface area (Å²) >= 11 is 5.77. The molecule has 0 saturated carbocycles. The van der Waals surface area contributed by atoms with Crippen LogP contribution in [0.5, 0.6) is 0 Å². The molecule has 1 aromatic carbocycles. The Bertz CT molecular complexity index is 574. The maximum absolute atomic E-state index is 13.7. The number of nitrogens with two attached hydrogens (primary N) is 1. The third-order valence-corrected chi connectivity index (χ3v) is 3.27. The molecule has 1 aromatic heterocycles. The van der Waals surface area contributed by atoms with Crippen LogP contribution in [0.3, 0.4) is 0 Å². The lowest BCUT2D eigenvalue weighted by molar-refractivity contribution is 0.145. The summed E-state index contributed by atoms with van der Waals surface area (Å²) in [7, 11) is 0. The standard InChI is InChI=1S/C13H12ClF2NO2/c14-13-9(3-4-19-13)12(18)10(6-17)8-2-1-7(15)5-11(8)16/h1-5,10,12,18H,6,17H2. The topological polar surface area (TPSA) is 59.4 Å². The molecule has 0 fully saturated rings. The molecule has 0 radical (unpaired) electrons. The van der Waals surface area contributed by atoms with Crippen molar-refractivity contribution in [3.63, 3.8) is 0 Å². The average molecular weight is 288 g/mol. The van der Waals surface area contributed by atoms with Crippen LogP contribution in [0.4, 0.5) is 8.78 Å². The van der Waals surface area contributed by atoms with Gasteiger partial charge in [0, 0.05) is 24.1 Å². The number of hydrogen-bond donors (Lipinski definition) is 2. The van der Waals surface area contributed by atoms with Crippen molar-refractivity contribution in [2.24, 2.45) is 5.73 Å². The van der Waals surface area contributed by atoms with E-state index >= 15 is 0 Å². The van der Waals surface area contributed by atoms with E-state index in [4.69, 9.17) is 21.8 Å². The van der Waals surface area contributed by atoms with Gasteiger partial charge in [0.05, 0.1) is 12.4 Å². The second kappa shape index (κ2) is 5.69. The fraction of sp³-hybridized carbons (Fsp3) is 0.231. The molecule has 0 aliphatic heterocycles. The second-order valence-corrected chi connectivity index (χ2v) is 4.45. The molecule has 2 atom stereocenters. The van der Waals surface area contributed by atoms with Crippen LogP contribution in [0.25, 0.3) is 0 Å². The van der Waals surface area contributed by atoms with Crippen LogP contribution in [-0.4, -0.2) is 11.7 Å². The average Bonchev–Trinajstić information content (AvgIpc) is 2.78. The highest BCUT2D eigenvalue weighted by atomic mass is 35.5. The van der Waals surface area contributed by atoms with Crippen LogP contribution in [-0.2, 0) is 0 Å². The molecular formula is C13H12ClF2NO2. The normalized spacial score (nSPS) is 14.4. The third-order valence-electron chi connectivity index (χ3n) is 2.96. The summed E-state index contributed by atoms with van der Waals surface area (Å²) in [5.41, 5.74) is 6.03. The zero-order valence-corrected chi connectivity index (χ0v) is 10.6. The molecule has 0 aliphatic carbocycles. The van der Waals surface area contributed by atoms with Gasteiger partial charge < -0.3 is 15.3 Å². The summed E-state index contributed by atoms with van der Waals surface area (Å²) in [4.78, 5) is 0. The van der Waals surface area contributed by atoms with Gasteiger partial charge in [0.2, 0.25) is 0 Å². The lowest BCUT2D eigenvalue weighted by Crippen LogP contribution is -2.21. The molecule has 3 nitrogen and oxygen atoms in total. The Balaban J connectivity index is 2.37. The molecule has 2 aromatic rings. The first-order valence-corrected chi connectivity index (χ1v) is 5.98. The number of hydrogen-bond acceptors (Lipinski definition) is 3. The minimum Gasteiger partial charge on any atom is -0.453 e. The molecule has 0 bridgehead atoms. The Morgan fingerprint density at radius 1 is 1.26 bits per heavy atom. The molecule has 6 heteroatoms. The van der Waals surface area contributed by atoms with E-state index in [0.29, 0.717) is 5.56 Å². The number of furan rings is 1. The summed E-state index contributed by atoms with van der Waals surface area (Å²) in [5, 5.41) is 10.2. The Kier molecular flexibility index (Phi) is 4.19. The van der Waals surface area contributed by atoms with E-state index in [0.717, 1.165) is 12.1 Å². The van der Waals surface area contributed by atoms with Gasteiger partial charge in [-0.05, 0) is 29.3 Å². The maximum atomic E-state index is 13.7. The summed E-state index contributed by atoms with van der Waals surface area (Å²) < 4.78 is 31.5. The summed E-state index contributed by atoms with van der Waals surface area (Å²) in [6.45, 7) is -0.0226. The van der Waals surface area contributed by atoms with Gasteiger partial charge in [-0.15, -0.1) is 0 Å². The molecule has 0 saturated heterocycles. The molecule has 19 heavy (non-hydrogen) atoms. The smallest absolute Gasteiger partial charge is 0.198 e. The Hall–Kier alpha value is -1.43. The van der Waals surface area contributed by atoms with Gasteiger partial charge >= 0.3 is 0 Å². The van der Waals surface area contributed by atoms with Gasteiger partial charge in [0.1, 0.15) is 11.6 Å². The van der Waals surface area contributed by atoms with E-state index in [9.17, 15) is 13.9 Å². The number of aliphatic hydroxyl groups is 1. The first kappa shape index (κ1) is 14.0. The first-order chi connectivity index (χ1) is 9.04. The van der Waals surface area contributed by atoms with Gasteiger partial charge in [0.25, 0.3) is 0 Å². The Morgan fingerprint density at radius 2 is 2.00 bits per heavy atom. The van der Waals surface area contributed by atoms with Crippen LogP contribution in [0.15, 0.2) is 34.9 Å². The largest absolute Gasteiger partial charge is 0.453 e. The molecule has 0 aliphatic rings. The second-order valence-electron chi connectivity index (χ2n) is 4.10. The lowest BCUT2D eigenvalue weighted by atomic mass is 9.90. The minimum atomic E-state index is -1.13. The van der Waals surface area contributed by atoms with Gasteiger partial charge in [0.15, 0.2) is 5.22 Å². The van der Waals surface area contributed by atoms with Crippen LogP contribution in [0.2, 0.25) is 5.22 Å². The fourth-order valence-electron chi connectivity index (χ4n) is 1.96. The van der Waals surface area contributed by atoms with Gasteiger partial charge in [-0.1, -0.05) is 6.07 Å². The Labute approximate surface area is 113 Å². The SMILES string of the molecule is NCC(c1ccc(F)cc1F)C(O)c1ccoc1Cl. The van der Waals surface area contributed by atoms with Crippen molar-refractivity contribution >= 4 is 11.6 Å². The van der Waals surface area contributed by atoms with Crippen molar-refractivity contribution < 1.29 is 18.3 Å². The van der Waals surface area contributed by atoms with E-state index in [1.54, 1.807) is 0 Å². The van der Waals surface area contributed by atoms with Gasteiger partial charge in [-0.3, -0.25) is 0 Å². The summed E-state index contributed by atoms with van der Waals surface area (Å²) in [6, 6.07) is 4.61. The summed E-state index contributed by atoms with van der Waals surface area (Å²) in [5.74, 6) is -2.18. The molecule has 1 heterocycles. The Morgan fingerprint density at radius 3 is 2.53 bits per heavy atom. The summed E-state index contributed by atoms with van der Waals surface area (Å²) in [6.07, 6.45) is 0.186. The van der Waals surface area contributed by atoms with Crippen molar-refractivity contribution in [3.05, 3.63) is 58.5 Å². The van der Waals surface area contributed by atoms with Gasteiger partial charge in [-0.25, -0.2) is 8.78 Å². The number of halogens is 3. The molecule has 0 amide bonds. The predicted molar refractivity (Wildman–Crippen MR) is 66.8 cm³/mol. The van der Waals surface area contributed by atoms with E-state index in [-0.39, 0.29) is 17.3 Å². The van der Waals surface area contributed by atoms with Crippen LogP contribution in [0.1, 0.15) is 23.1 Å². The van der Waals surface area contributed by atoms with E-state index in [1.807, 2.05) is 0 Å². The highest BCUT2D eigenvalue weighted by Crippen LogP contribution is 2.35. The molecule has 3 N–H and O–H groups in total. The number of aliphatic hydroxyl groups excluding tert-OH is 1. The van der Waals surface area contributed by atoms with Crippen molar-refractivity contribution in [1.29, 1.82) is 0 Å². The van der Waals surface area contributed by atoms with E-state index in [1.165, 1.54) is 18.4 Å². The molecule has 2 unspecified atom stereocenters. The first-order valence-electron chi connectivity index (χ1n) is 5.60. The van der Waals surface area contributed by atoms with Crippen molar-refractivity contribution in [1.82, 2.24) is 0 Å². The maximum Gasteiger partial charge on any atom is 0.198 e. The van der Waals surface area contributed by atoms with E-state index in [2.05, 4.69) is 0 Å². The predicted octanol–water partition coefficient (Wildman–Crippen LogP) is 2.99. The highest BCUT2D eigenvalue weighted by molar-refractivity contribution is 6.29. The van der Waals surface area contributed by atoms with Crippen molar-refractivity contribution in [2.45, 2.75) is 12.0 Å². The number of rotatable bonds is 4. The van der Waals surface area contributed by atoms with Crippen molar-refractivity contribution in [3.8, 4) is 0 Å².